The van der Waals surface area contributed by atoms with Crippen LogP contribution in [0.3, 0.4) is 0 Å². The number of nitrogens with one attached hydrogen (secondary N) is 1. The molecule has 96 valence electrons. The van der Waals surface area contributed by atoms with Crippen LogP contribution >= 0.6 is 0 Å². The highest BCUT2D eigenvalue weighted by Crippen LogP contribution is 2.21. The van der Waals surface area contributed by atoms with Crippen molar-refractivity contribution in [3.63, 3.8) is 0 Å². The molecule has 0 aliphatic carbocycles. The standard InChI is InChI=1S/C12H15N3O2S/c1-9(8-13)15-18(16,17)12-6-2-5-11-10(12)4-3-7-14-11/h2-7,9,15H,8,13H2,1H3/t9-/m1/s1. The van der Waals surface area contributed by atoms with E-state index >= 15 is 0 Å². The van der Waals surface area contributed by atoms with Gasteiger partial charge in [-0.3, -0.25) is 4.98 Å². The van der Waals surface area contributed by atoms with Gasteiger partial charge in [0.25, 0.3) is 0 Å². The molecule has 0 fully saturated rings. The number of pyridine rings is 1. The van der Waals surface area contributed by atoms with E-state index in [1.165, 1.54) is 0 Å². The van der Waals surface area contributed by atoms with Gasteiger partial charge in [0, 0.05) is 24.2 Å². The van der Waals surface area contributed by atoms with Gasteiger partial charge in [0.1, 0.15) is 0 Å². The average Bonchev–Trinajstić information content (AvgIpc) is 2.37. The van der Waals surface area contributed by atoms with Crippen LogP contribution in [-0.4, -0.2) is 26.0 Å². The van der Waals surface area contributed by atoms with Crippen molar-refractivity contribution in [2.45, 2.75) is 17.9 Å². The Morgan fingerprint density at radius 2 is 2.11 bits per heavy atom. The van der Waals surface area contributed by atoms with Crippen LogP contribution in [0.2, 0.25) is 0 Å². The maximum Gasteiger partial charge on any atom is 0.241 e. The monoisotopic (exact) mass is 265 g/mol. The van der Waals surface area contributed by atoms with Crippen LogP contribution < -0.4 is 10.5 Å². The summed E-state index contributed by atoms with van der Waals surface area (Å²) in [5.74, 6) is 0. The van der Waals surface area contributed by atoms with Gasteiger partial charge < -0.3 is 5.73 Å². The van der Waals surface area contributed by atoms with E-state index in [1.54, 1.807) is 43.5 Å². The molecule has 0 aliphatic heterocycles. The minimum absolute atomic E-state index is 0.230. The summed E-state index contributed by atoms with van der Waals surface area (Å²) in [6.45, 7) is 1.98. The minimum Gasteiger partial charge on any atom is -0.329 e. The molecule has 3 N–H and O–H groups in total. The van der Waals surface area contributed by atoms with Gasteiger partial charge in [-0.2, -0.15) is 0 Å². The lowest BCUT2D eigenvalue weighted by molar-refractivity contribution is 0.563. The van der Waals surface area contributed by atoms with Crippen molar-refractivity contribution in [1.82, 2.24) is 9.71 Å². The van der Waals surface area contributed by atoms with Gasteiger partial charge in [0.05, 0.1) is 10.4 Å². The topological polar surface area (TPSA) is 85.1 Å². The maximum atomic E-state index is 12.2. The summed E-state index contributed by atoms with van der Waals surface area (Å²) >= 11 is 0. The van der Waals surface area contributed by atoms with E-state index in [2.05, 4.69) is 9.71 Å². The van der Waals surface area contributed by atoms with Crippen molar-refractivity contribution < 1.29 is 8.42 Å². The van der Waals surface area contributed by atoms with Crippen LogP contribution in [0.1, 0.15) is 6.92 Å². The first-order valence-electron chi connectivity index (χ1n) is 5.61. The van der Waals surface area contributed by atoms with Crippen LogP contribution in [0.4, 0.5) is 0 Å². The van der Waals surface area contributed by atoms with Crippen LogP contribution in [0, 0.1) is 0 Å². The fourth-order valence-electron chi connectivity index (χ4n) is 1.69. The summed E-state index contributed by atoms with van der Waals surface area (Å²) in [6, 6.07) is 8.17. The molecule has 0 bridgehead atoms. The normalized spacial score (nSPS) is 13.7. The van der Waals surface area contributed by atoms with Gasteiger partial charge in [-0.25, -0.2) is 13.1 Å². The van der Waals surface area contributed by atoms with Crippen molar-refractivity contribution >= 4 is 20.9 Å². The quantitative estimate of drug-likeness (QED) is 0.858. The summed E-state index contributed by atoms with van der Waals surface area (Å²) in [6.07, 6.45) is 1.63. The maximum absolute atomic E-state index is 12.2. The molecule has 0 radical (unpaired) electrons. The van der Waals surface area contributed by atoms with Crippen molar-refractivity contribution in [2.75, 3.05) is 6.54 Å². The van der Waals surface area contributed by atoms with E-state index in [4.69, 9.17) is 5.73 Å². The molecule has 1 heterocycles. The SMILES string of the molecule is C[C@H](CN)NS(=O)(=O)c1cccc2ncccc12. The number of nitrogens with zero attached hydrogens (tertiary/aromatic N) is 1. The molecule has 0 saturated heterocycles. The molecule has 2 rings (SSSR count). The molecule has 0 amide bonds. The first kappa shape index (κ1) is 12.9. The van der Waals surface area contributed by atoms with Crippen LogP contribution in [0.15, 0.2) is 41.4 Å². The third kappa shape index (κ3) is 2.50. The second-order valence-corrected chi connectivity index (χ2v) is 5.77. The zero-order valence-electron chi connectivity index (χ0n) is 10.00. The fourth-order valence-corrected chi connectivity index (χ4v) is 3.16. The summed E-state index contributed by atoms with van der Waals surface area (Å²) in [5.41, 5.74) is 6.08. The predicted octanol–water partition coefficient (Wildman–Crippen LogP) is 0.860. The number of aromatic nitrogens is 1. The number of sulfonamides is 1. The summed E-state index contributed by atoms with van der Waals surface area (Å²) in [4.78, 5) is 4.37. The van der Waals surface area contributed by atoms with Gasteiger partial charge in [0.2, 0.25) is 10.0 Å². The van der Waals surface area contributed by atoms with Gasteiger partial charge in [-0.15, -0.1) is 0 Å². The van der Waals surface area contributed by atoms with Gasteiger partial charge in [0.15, 0.2) is 0 Å². The lowest BCUT2D eigenvalue weighted by atomic mass is 10.2. The zero-order chi connectivity index (χ0) is 13.2. The molecular weight excluding hydrogens is 250 g/mol. The minimum atomic E-state index is -3.57. The van der Waals surface area contributed by atoms with E-state index < -0.39 is 10.0 Å². The number of hydrogen-bond acceptors (Lipinski definition) is 4. The van der Waals surface area contributed by atoms with E-state index in [1.807, 2.05) is 0 Å². The fraction of sp³-hybridized carbons (Fsp3) is 0.250. The Morgan fingerprint density at radius 3 is 2.83 bits per heavy atom. The first-order chi connectivity index (χ1) is 8.54. The van der Waals surface area contributed by atoms with Gasteiger partial charge in [-0.1, -0.05) is 6.07 Å². The van der Waals surface area contributed by atoms with E-state index in [9.17, 15) is 8.42 Å². The Labute approximate surface area is 106 Å². The van der Waals surface area contributed by atoms with Gasteiger partial charge in [-0.05, 0) is 31.2 Å². The van der Waals surface area contributed by atoms with Gasteiger partial charge >= 0.3 is 0 Å². The molecule has 0 unspecified atom stereocenters. The largest absolute Gasteiger partial charge is 0.329 e. The number of rotatable bonds is 4. The Kier molecular flexibility index (Phi) is 3.60. The molecule has 0 saturated carbocycles. The Morgan fingerprint density at radius 1 is 1.33 bits per heavy atom. The highest BCUT2D eigenvalue weighted by atomic mass is 32.2. The second-order valence-electron chi connectivity index (χ2n) is 4.08. The Hall–Kier alpha value is -1.50. The van der Waals surface area contributed by atoms with Crippen molar-refractivity contribution in [2.24, 2.45) is 5.73 Å². The predicted molar refractivity (Wildman–Crippen MR) is 70.6 cm³/mol. The van der Waals surface area contributed by atoms with Crippen LogP contribution in [0.5, 0.6) is 0 Å². The smallest absolute Gasteiger partial charge is 0.241 e. The van der Waals surface area contributed by atoms with Crippen molar-refractivity contribution in [3.05, 3.63) is 36.5 Å². The Balaban J connectivity index is 2.54. The molecule has 1 aromatic heterocycles. The molecule has 0 spiro atoms. The molecule has 2 aromatic rings. The third-order valence-corrected chi connectivity index (χ3v) is 4.25. The number of benzene rings is 1. The summed E-state index contributed by atoms with van der Waals surface area (Å²) in [7, 11) is -3.57. The summed E-state index contributed by atoms with van der Waals surface area (Å²) < 4.78 is 27.0. The van der Waals surface area contributed by atoms with Crippen molar-refractivity contribution in [1.29, 1.82) is 0 Å². The Bertz CT molecular complexity index is 650. The molecule has 18 heavy (non-hydrogen) atoms. The van der Waals surface area contributed by atoms with Crippen LogP contribution in [0.25, 0.3) is 10.9 Å². The molecule has 0 aliphatic rings. The third-order valence-electron chi connectivity index (χ3n) is 2.61. The average molecular weight is 265 g/mol. The number of nitrogens with two attached hydrogens (primary N) is 1. The highest BCUT2D eigenvalue weighted by molar-refractivity contribution is 7.89. The second kappa shape index (κ2) is 5.01. The highest BCUT2D eigenvalue weighted by Gasteiger charge is 2.19. The number of hydrogen-bond donors (Lipinski definition) is 2. The number of fused-ring (bicyclic) bond motifs is 1. The van der Waals surface area contributed by atoms with Crippen molar-refractivity contribution in [3.8, 4) is 0 Å². The molecule has 1 atom stereocenters. The van der Waals surface area contributed by atoms with Crippen LogP contribution in [-0.2, 0) is 10.0 Å². The summed E-state index contributed by atoms with van der Waals surface area (Å²) in [5, 5.41) is 0.608. The molecule has 6 heteroatoms. The molecular formula is C12H15N3O2S. The molecule has 5 nitrogen and oxygen atoms in total. The molecule has 1 aromatic carbocycles. The lowest BCUT2D eigenvalue weighted by Gasteiger charge is -2.13. The van der Waals surface area contributed by atoms with E-state index in [-0.39, 0.29) is 17.5 Å². The zero-order valence-corrected chi connectivity index (χ0v) is 10.8. The lowest BCUT2D eigenvalue weighted by Crippen LogP contribution is -2.37. The first-order valence-corrected chi connectivity index (χ1v) is 7.09. The van der Waals surface area contributed by atoms with E-state index in [0.29, 0.717) is 10.9 Å². The van der Waals surface area contributed by atoms with E-state index in [0.717, 1.165) is 0 Å².